The summed E-state index contributed by atoms with van der Waals surface area (Å²) in [7, 11) is 0. The van der Waals surface area contributed by atoms with E-state index in [0.717, 1.165) is 39.3 Å². The molecular weight excluding hydrogens is 650 g/mol. The summed E-state index contributed by atoms with van der Waals surface area (Å²) in [6.07, 6.45) is 1.61. The molecule has 0 radical (unpaired) electrons. The predicted molar refractivity (Wildman–Crippen MR) is 198 cm³/mol. The lowest BCUT2D eigenvalue weighted by atomic mass is 9.96. The maximum Gasteiger partial charge on any atom is 0.338 e. The van der Waals surface area contributed by atoms with Gasteiger partial charge in [-0.15, -0.1) is 0 Å². The summed E-state index contributed by atoms with van der Waals surface area (Å²) in [6.45, 7) is 7.47. The highest BCUT2D eigenvalue weighted by Crippen LogP contribution is 2.37. The fourth-order valence-electron chi connectivity index (χ4n) is 6.28. The van der Waals surface area contributed by atoms with Gasteiger partial charge in [0.2, 0.25) is 0 Å². The van der Waals surface area contributed by atoms with Crippen molar-refractivity contribution in [1.29, 1.82) is 0 Å². The molecule has 0 fully saturated rings. The van der Waals surface area contributed by atoms with E-state index in [1.54, 1.807) is 37.5 Å². The van der Waals surface area contributed by atoms with E-state index >= 15 is 0 Å². The molecule has 6 aromatic rings. The molecule has 2 aromatic heterocycles. The Morgan fingerprint density at radius 2 is 1.51 bits per heavy atom. The molecule has 8 heteroatoms. The molecule has 49 heavy (non-hydrogen) atoms. The van der Waals surface area contributed by atoms with Gasteiger partial charge in [-0.3, -0.25) is 9.36 Å². The van der Waals surface area contributed by atoms with Crippen LogP contribution in [0, 0.1) is 6.92 Å². The first-order valence-corrected chi connectivity index (χ1v) is 17.3. The van der Waals surface area contributed by atoms with Crippen LogP contribution >= 0.6 is 22.9 Å². The van der Waals surface area contributed by atoms with Gasteiger partial charge in [-0.25, -0.2) is 9.79 Å². The van der Waals surface area contributed by atoms with Gasteiger partial charge in [0.15, 0.2) is 4.80 Å². The lowest BCUT2D eigenvalue weighted by Crippen LogP contribution is -2.40. The van der Waals surface area contributed by atoms with Crippen molar-refractivity contribution in [3.05, 3.63) is 168 Å². The Labute approximate surface area is 293 Å². The van der Waals surface area contributed by atoms with Gasteiger partial charge >= 0.3 is 5.97 Å². The number of aromatic nitrogens is 2. The van der Waals surface area contributed by atoms with E-state index in [2.05, 4.69) is 66.1 Å². The minimum Gasteiger partial charge on any atom is -0.459 e. The number of nitrogens with zero attached hydrogens (tertiary/aromatic N) is 3. The molecule has 3 heterocycles. The average Bonchev–Trinajstić information content (AvgIpc) is 3.62. The Morgan fingerprint density at radius 1 is 0.878 bits per heavy atom. The van der Waals surface area contributed by atoms with Gasteiger partial charge in [0.1, 0.15) is 0 Å². The number of benzene rings is 4. The van der Waals surface area contributed by atoms with E-state index in [1.165, 1.54) is 16.9 Å². The van der Waals surface area contributed by atoms with Gasteiger partial charge < -0.3 is 9.30 Å². The first-order chi connectivity index (χ1) is 23.7. The third kappa shape index (κ3) is 6.23. The molecule has 0 saturated carbocycles. The van der Waals surface area contributed by atoms with Crippen molar-refractivity contribution in [3.63, 3.8) is 0 Å². The third-order valence-corrected chi connectivity index (χ3v) is 9.73. The summed E-state index contributed by atoms with van der Waals surface area (Å²) in [5.74, 6) is -0.500. The van der Waals surface area contributed by atoms with E-state index in [4.69, 9.17) is 21.3 Å². The summed E-state index contributed by atoms with van der Waals surface area (Å²) >= 11 is 7.56. The maximum atomic E-state index is 14.6. The van der Waals surface area contributed by atoms with Crippen LogP contribution in [0.4, 0.5) is 0 Å². The number of carbonyl (C=O) groups excluding carboxylic acids is 1. The highest BCUT2D eigenvalue weighted by molar-refractivity contribution is 7.07. The number of ether oxygens (including phenoxy) is 1. The molecule has 1 aliphatic rings. The Hall–Kier alpha value is -5.24. The van der Waals surface area contributed by atoms with Gasteiger partial charge in [-0.05, 0) is 80.8 Å². The summed E-state index contributed by atoms with van der Waals surface area (Å²) < 4.78 is 10.0. The van der Waals surface area contributed by atoms with Gasteiger partial charge in [0.25, 0.3) is 5.56 Å². The number of esters is 1. The van der Waals surface area contributed by atoms with E-state index < -0.39 is 12.0 Å². The molecule has 6 nitrogen and oxygen atoms in total. The standard InChI is InChI=1S/C41H34ClN3O3S/c1-25(2)48-40(47)36-27(4)43-41-45(38(36)30-17-19-32(42)20-18-30)39(46)35(49-41)24-31-23-34(28-11-7-5-8-12-28)44(33-21-15-26(3)16-22-33)37(31)29-13-9-6-10-14-29/h5-25,38H,1-4H3/b35-24+/t38-/m0/s1. The number of halogens is 1. The molecular formula is C41H34ClN3O3S. The van der Waals surface area contributed by atoms with Gasteiger partial charge in [-0.2, -0.15) is 0 Å². The zero-order chi connectivity index (χ0) is 34.2. The monoisotopic (exact) mass is 683 g/mol. The Balaban J connectivity index is 1.50. The molecule has 0 amide bonds. The van der Waals surface area contributed by atoms with Crippen molar-refractivity contribution < 1.29 is 9.53 Å². The molecule has 1 atom stereocenters. The number of hydrogen-bond acceptors (Lipinski definition) is 5. The smallest absolute Gasteiger partial charge is 0.338 e. The van der Waals surface area contributed by atoms with Crippen LogP contribution in [0.3, 0.4) is 0 Å². The van der Waals surface area contributed by atoms with E-state index in [0.29, 0.717) is 25.6 Å². The fourth-order valence-corrected chi connectivity index (χ4v) is 7.44. The molecule has 7 rings (SSSR count). The van der Waals surface area contributed by atoms with Crippen LogP contribution in [-0.2, 0) is 9.53 Å². The molecule has 244 valence electrons. The summed E-state index contributed by atoms with van der Waals surface area (Å²) in [6, 6.07) is 37.6. The van der Waals surface area contributed by atoms with Crippen molar-refractivity contribution >= 4 is 35.0 Å². The van der Waals surface area contributed by atoms with Crippen LogP contribution in [0.25, 0.3) is 34.3 Å². The Bertz CT molecular complexity index is 2390. The normalized spacial score (nSPS) is 14.6. The predicted octanol–water partition coefficient (Wildman–Crippen LogP) is 8.27. The first kappa shape index (κ1) is 32.3. The van der Waals surface area contributed by atoms with Crippen LogP contribution in [0.1, 0.15) is 43.5 Å². The highest BCUT2D eigenvalue weighted by atomic mass is 35.5. The summed E-state index contributed by atoms with van der Waals surface area (Å²) in [4.78, 5) is 33.4. The second kappa shape index (κ2) is 13.3. The van der Waals surface area contributed by atoms with Crippen LogP contribution in [0.15, 0.2) is 136 Å². The molecule has 4 aromatic carbocycles. The average molecular weight is 684 g/mol. The van der Waals surface area contributed by atoms with E-state index in [-0.39, 0.29) is 11.7 Å². The first-order valence-electron chi connectivity index (χ1n) is 16.1. The number of thiazole rings is 1. The quantitative estimate of drug-likeness (QED) is 0.159. The topological polar surface area (TPSA) is 65.6 Å². The van der Waals surface area contributed by atoms with Crippen molar-refractivity contribution in [2.75, 3.05) is 0 Å². The summed E-state index contributed by atoms with van der Waals surface area (Å²) in [5, 5.41) is 0.559. The fraction of sp³-hybridized carbons (Fsp3) is 0.146. The van der Waals surface area contributed by atoms with Crippen molar-refractivity contribution in [3.8, 4) is 28.2 Å². The maximum absolute atomic E-state index is 14.6. The Morgan fingerprint density at radius 3 is 2.14 bits per heavy atom. The minimum atomic E-state index is -0.729. The largest absolute Gasteiger partial charge is 0.459 e. The zero-order valence-corrected chi connectivity index (χ0v) is 29.1. The van der Waals surface area contributed by atoms with Crippen molar-refractivity contribution in [2.24, 2.45) is 4.99 Å². The number of fused-ring (bicyclic) bond motifs is 1. The lowest BCUT2D eigenvalue weighted by Gasteiger charge is -2.25. The van der Waals surface area contributed by atoms with Crippen LogP contribution in [0.5, 0.6) is 0 Å². The molecule has 0 bridgehead atoms. The Kier molecular flexibility index (Phi) is 8.80. The van der Waals surface area contributed by atoms with E-state index in [1.807, 2.05) is 54.6 Å². The molecule has 0 N–H and O–H groups in total. The second-order valence-corrected chi connectivity index (χ2v) is 13.8. The van der Waals surface area contributed by atoms with E-state index in [9.17, 15) is 9.59 Å². The number of hydrogen-bond donors (Lipinski definition) is 0. The molecule has 0 aliphatic carbocycles. The summed E-state index contributed by atoms with van der Waals surface area (Å²) in [5.41, 5.74) is 8.42. The number of allylic oxidation sites excluding steroid dienone is 1. The van der Waals surface area contributed by atoms with Crippen molar-refractivity contribution in [2.45, 2.75) is 39.8 Å². The highest BCUT2D eigenvalue weighted by Gasteiger charge is 2.34. The minimum absolute atomic E-state index is 0.241. The SMILES string of the molecule is CC1=C(C(=O)OC(C)C)[C@H](c2ccc(Cl)cc2)n2c(s/c(=C/c3cc(-c4ccccc4)n(-c4ccc(C)cc4)c3-c3ccccc3)c2=O)=N1. The molecule has 0 saturated heterocycles. The third-order valence-electron chi connectivity index (χ3n) is 8.50. The lowest BCUT2D eigenvalue weighted by molar-refractivity contribution is -0.143. The molecule has 0 spiro atoms. The van der Waals surface area contributed by atoms with Gasteiger partial charge in [0.05, 0.1) is 39.3 Å². The zero-order valence-electron chi connectivity index (χ0n) is 27.6. The van der Waals surface area contributed by atoms with Crippen LogP contribution in [-0.4, -0.2) is 21.2 Å². The molecule has 0 unspecified atom stereocenters. The number of carbonyl (C=O) groups is 1. The van der Waals surface area contributed by atoms with Gasteiger partial charge in [0, 0.05) is 16.3 Å². The molecule has 1 aliphatic heterocycles. The second-order valence-electron chi connectivity index (χ2n) is 12.3. The van der Waals surface area contributed by atoms with Crippen LogP contribution in [0.2, 0.25) is 5.02 Å². The van der Waals surface area contributed by atoms with Crippen molar-refractivity contribution in [1.82, 2.24) is 9.13 Å². The number of rotatable bonds is 7. The van der Waals surface area contributed by atoms with Crippen LogP contribution < -0.4 is 14.9 Å². The van der Waals surface area contributed by atoms with Gasteiger partial charge in [-0.1, -0.05) is 113 Å². The number of aryl methyl sites for hydroxylation is 1.